The summed E-state index contributed by atoms with van der Waals surface area (Å²) >= 11 is 1.59. The van der Waals surface area contributed by atoms with Gasteiger partial charge in [0.05, 0.1) is 0 Å². The number of fused-ring (bicyclic) bond motifs is 1. The van der Waals surface area contributed by atoms with Crippen molar-refractivity contribution in [1.29, 1.82) is 0 Å². The van der Waals surface area contributed by atoms with E-state index in [1.165, 1.54) is 0 Å². The molecule has 0 saturated carbocycles. The molecule has 2 rings (SSSR count). The highest BCUT2D eigenvalue weighted by molar-refractivity contribution is 7.08. The van der Waals surface area contributed by atoms with E-state index in [2.05, 4.69) is 0 Å². The van der Waals surface area contributed by atoms with Gasteiger partial charge < -0.3 is 14.2 Å². The zero-order chi connectivity index (χ0) is 9.10. The number of ether oxygens (including phenoxy) is 3. The van der Waals surface area contributed by atoms with Crippen LogP contribution in [0, 0.1) is 0 Å². The van der Waals surface area contributed by atoms with Crippen LogP contribution in [0.2, 0.25) is 0 Å². The summed E-state index contributed by atoms with van der Waals surface area (Å²) in [6.07, 6.45) is 0.0578. The summed E-state index contributed by atoms with van der Waals surface area (Å²) in [5.41, 5.74) is 0. The second kappa shape index (κ2) is 3.98. The van der Waals surface area contributed by atoms with Crippen molar-refractivity contribution in [3.05, 3.63) is 10.8 Å². The first-order valence-corrected chi connectivity index (χ1v) is 5.28. The molecule has 0 unspecified atom stereocenters. The monoisotopic (exact) mass is 200 g/mol. The third-order valence-corrected chi connectivity index (χ3v) is 2.55. The lowest BCUT2D eigenvalue weighted by Crippen LogP contribution is -2.26. The summed E-state index contributed by atoms with van der Waals surface area (Å²) < 4.78 is 16.4. The maximum Gasteiger partial charge on any atom is 0.172 e. The maximum absolute atomic E-state index is 5.51. The smallest absolute Gasteiger partial charge is 0.172 e. The summed E-state index contributed by atoms with van der Waals surface area (Å²) in [5.74, 6) is 1.68. The minimum Gasteiger partial charge on any atom is -0.486 e. The van der Waals surface area contributed by atoms with Crippen molar-refractivity contribution in [2.45, 2.75) is 13.0 Å². The standard InChI is InChI=1S/C9H12O3S/c1-2-10-7-3-11-8-5-13-6-9(8)12-4-7/h5-7H,2-4H2,1H3. The molecule has 0 N–H and O–H groups in total. The van der Waals surface area contributed by atoms with E-state index < -0.39 is 0 Å². The lowest BCUT2D eigenvalue weighted by molar-refractivity contribution is 0.00939. The second-order valence-electron chi connectivity index (χ2n) is 2.80. The maximum atomic E-state index is 5.51. The van der Waals surface area contributed by atoms with Crippen LogP contribution in [0.5, 0.6) is 11.5 Å². The summed E-state index contributed by atoms with van der Waals surface area (Å²) in [6.45, 7) is 3.83. The molecule has 1 aliphatic rings. The molecule has 13 heavy (non-hydrogen) atoms. The second-order valence-corrected chi connectivity index (χ2v) is 3.54. The predicted molar refractivity (Wildman–Crippen MR) is 50.7 cm³/mol. The third kappa shape index (κ3) is 1.95. The molecule has 0 aliphatic carbocycles. The van der Waals surface area contributed by atoms with Crippen LogP contribution in [0.1, 0.15) is 6.92 Å². The molecule has 0 aromatic carbocycles. The minimum absolute atomic E-state index is 0.0578. The zero-order valence-electron chi connectivity index (χ0n) is 7.49. The fourth-order valence-electron chi connectivity index (χ4n) is 1.23. The molecule has 0 fully saturated rings. The Kier molecular flexibility index (Phi) is 2.71. The van der Waals surface area contributed by atoms with Crippen LogP contribution in [0.4, 0.5) is 0 Å². The molecule has 1 aromatic rings. The van der Waals surface area contributed by atoms with Gasteiger partial charge in [-0.15, -0.1) is 11.3 Å². The van der Waals surface area contributed by atoms with Crippen LogP contribution >= 0.6 is 11.3 Å². The number of thiophene rings is 1. The van der Waals surface area contributed by atoms with E-state index in [1.54, 1.807) is 11.3 Å². The van der Waals surface area contributed by atoms with Gasteiger partial charge in [0.25, 0.3) is 0 Å². The van der Waals surface area contributed by atoms with Gasteiger partial charge in [-0.2, -0.15) is 0 Å². The highest BCUT2D eigenvalue weighted by Crippen LogP contribution is 2.33. The highest BCUT2D eigenvalue weighted by Gasteiger charge is 2.18. The van der Waals surface area contributed by atoms with E-state index >= 15 is 0 Å². The van der Waals surface area contributed by atoms with Crippen LogP contribution in [-0.4, -0.2) is 25.9 Å². The molecule has 0 saturated heterocycles. The van der Waals surface area contributed by atoms with Crippen molar-refractivity contribution in [2.75, 3.05) is 19.8 Å². The molecule has 2 heterocycles. The molecule has 4 heteroatoms. The molecule has 72 valence electrons. The fraction of sp³-hybridized carbons (Fsp3) is 0.556. The zero-order valence-corrected chi connectivity index (χ0v) is 8.30. The molecule has 0 spiro atoms. The van der Waals surface area contributed by atoms with Gasteiger partial charge in [-0.3, -0.25) is 0 Å². The Bertz CT molecular complexity index is 249. The summed E-state index contributed by atoms with van der Waals surface area (Å²) in [4.78, 5) is 0. The van der Waals surface area contributed by atoms with E-state index in [-0.39, 0.29) is 6.10 Å². The Morgan fingerprint density at radius 1 is 1.38 bits per heavy atom. The molecule has 1 aromatic heterocycles. The fourth-order valence-corrected chi connectivity index (χ4v) is 1.91. The molecule has 1 aliphatic heterocycles. The topological polar surface area (TPSA) is 27.7 Å². The number of rotatable bonds is 2. The van der Waals surface area contributed by atoms with Gasteiger partial charge in [-0.25, -0.2) is 0 Å². The van der Waals surface area contributed by atoms with Crippen molar-refractivity contribution in [3.63, 3.8) is 0 Å². The van der Waals surface area contributed by atoms with Crippen LogP contribution in [0.25, 0.3) is 0 Å². The van der Waals surface area contributed by atoms with E-state index in [9.17, 15) is 0 Å². The Morgan fingerprint density at radius 3 is 2.54 bits per heavy atom. The van der Waals surface area contributed by atoms with Crippen LogP contribution in [0.3, 0.4) is 0 Å². The Balaban J connectivity index is 2.00. The molecule has 0 radical (unpaired) electrons. The number of hydrogen-bond donors (Lipinski definition) is 0. The first-order valence-electron chi connectivity index (χ1n) is 4.33. The Hall–Kier alpha value is -0.740. The summed E-state index contributed by atoms with van der Waals surface area (Å²) in [7, 11) is 0. The van der Waals surface area contributed by atoms with Gasteiger partial charge >= 0.3 is 0 Å². The molecular weight excluding hydrogens is 188 g/mol. The van der Waals surface area contributed by atoms with E-state index in [0.29, 0.717) is 19.8 Å². The van der Waals surface area contributed by atoms with Crippen molar-refractivity contribution < 1.29 is 14.2 Å². The molecule has 0 bridgehead atoms. The lowest BCUT2D eigenvalue weighted by atomic mass is 10.4. The largest absolute Gasteiger partial charge is 0.486 e. The van der Waals surface area contributed by atoms with Crippen LogP contribution in [0.15, 0.2) is 10.8 Å². The van der Waals surface area contributed by atoms with Crippen LogP contribution < -0.4 is 9.47 Å². The predicted octanol–water partition coefficient (Wildman–Crippen LogP) is 1.92. The van der Waals surface area contributed by atoms with Crippen molar-refractivity contribution >= 4 is 11.3 Å². The highest BCUT2D eigenvalue weighted by atomic mass is 32.1. The lowest BCUT2D eigenvalue weighted by Gasteiger charge is -2.12. The Morgan fingerprint density at radius 2 is 2.00 bits per heavy atom. The third-order valence-electron chi connectivity index (χ3n) is 1.84. The normalized spacial score (nSPS) is 17.0. The molecular formula is C9H12O3S. The van der Waals surface area contributed by atoms with Gasteiger partial charge in [-0.05, 0) is 6.92 Å². The van der Waals surface area contributed by atoms with Gasteiger partial charge in [-0.1, -0.05) is 0 Å². The molecule has 0 amide bonds. The Labute approximate surface area is 81.2 Å². The van der Waals surface area contributed by atoms with Gasteiger partial charge in [0.2, 0.25) is 0 Å². The van der Waals surface area contributed by atoms with Gasteiger partial charge in [0.15, 0.2) is 11.5 Å². The first-order chi connectivity index (χ1) is 6.40. The van der Waals surface area contributed by atoms with Gasteiger partial charge in [0, 0.05) is 17.4 Å². The average Bonchev–Trinajstić information content (AvgIpc) is 2.50. The molecule has 3 nitrogen and oxygen atoms in total. The average molecular weight is 200 g/mol. The van der Waals surface area contributed by atoms with Crippen molar-refractivity contribution in [3.8, 4) is 11.5 Å². The summed E-state index contributed by atoms with van der Waals surface area (Å²) in [5, 5.41) is 3.90. The SMILES string of the molecule is CCOC1COc2cscc2OC1. The molecule has 0 atom stereocenters. The van der Waals surface area contributed by atoms with E-state index in [4.69, 9.17) is 14.2 Å². The van der Waals surface area contributed by atoms with Crippen molar-refractivity contribution in [1.82, 2.24) is 0 Å². The minimum atomic E-state index is 0.0578. The first kappa shape index (κ1) is 8.84. The quantitative estimate of drug-likeness (QED) is 0.730. The van der Waals surface area contributed by atoms with E-state index in [1.807, 2.05) is 17.7 Å². The van der Waals surface area contributed by atoms with Crippen LogP contribution in [-0.2, 0) is 4.74 Å². The summed E-state index contributed by atoms with van der Waals surface area (Å²) in [6, 6.07) is 0. The number of hydrogen-bond acceptors (Lipinski definition) is 4. The van der Waals surface area contributed by atoms with E-state index in [0.717, 1.165) is 11.5 Å². The van der Waals surface area contributed by atoms with Crippen molar-refractivity contribution in [2.24, 2.45) is 0 Å². The van der Waals surface area contributed by atoms with Gasteiger partial charge in [0.1, 0.15) is 19.3 Å².